The fraction of sp³-hybridized carbons (Fsp3) is 0.238. The molecular weight excluding hydrogens is 497 g/mol. The molecule has 1 aromatic heterocycles. The number of ether oxygens (including phenoxy) is 1. The zero-order valence-corrected chi connectivity index (χ0v) is 23.5. The maximum atomic E-state index is 12.7. The molecule has 0 aliphatic carbocycles. The van der Waals surface area contributed by atoms with Gasteiger partial charge in [-0.1, -0.05) is 23.7 Å². The van der Waals surface area contributed by atoms with E-state index in [2.05, 4.69) is 9.44 Å². The molecule has 0 bridgehead atoms. The number of carbonyl (C=O) groups is 1. The Morgan fingerprint density at radius 2 is 1.94 bits per heavy atom. The third kappa shape index (κ3) is 6.79. The Bertz CT molecular complexity index is 1360. The molecule has 3 aromatic rings. The summed E-state index contributed by atoms with van der Waals surface area (Å²) in [4.78, 5) is 25.8. The van der Waals surface area contributed by atoms with Crippen molar-refractivity contribution in [2.45, 2.75) is 13.3 Å². The third-order valence-electron chi connectivity index (χ3n) is 4.73. The van der Waals surface area contributed by atoms with Gasteiger partial charge in [0.2, 0.25) is 0 Å². The summed E-state index contributed by atoms with van der Waals surface area (Å²) in [5, 5.41) is 0.792. The van der Waals surface area contributed by atoms with Crippen LogP contribution in [0.5, 0.6) is 5.75 Å². The van der Waals surface area contributed by atoms with Crippen molar-refractivity contribution < 1.29 is 75.2 Å². The minimum Gasteiger partial charge on any atom is -1.00 e. The van der Waals surface area contributed by atoms with Crippen molar-refractivity contribution in [2.75, 3.05) is 25.9 Å². The van der Waals surface area contributed by atoms with Gasteiger partial charge in [-0.25, -0.2) is 14.3 Å². The van der Waals surface area contributed by atoms with E-state index in [4.69, 9.17) is 20.8 Å². The molecule has 0 spiro atoms. The number of halogens is 1. The number of nitrogens with zero attached hydrogens (tertiary/aromatic N) is 1. The molecule has 0 saturated carbocycles. The van der Waals surface area contributed by atoms with E-state index in [9.17, 15) is 18.0 Å². The summed E-state index contributed by atoms with van der Waals surface area (Å²) in [6.07, 6.45) is -0.399. The topological polar surface area (TPSA) is 118 Å². The molecule has 172 valence electrons. The Hall–Kier alpha value is -1.44. The van der Waals surface area contributed by atoms with Crippen molar-refractivity contribution in [1.82, 2.24) is 9.62 Å². The monoisotopic (exact) mass is 519 g/mol. The molecule has 1 amide bonds. The van der Waals surface area contributed by atoms with Gasteiger partial charge < -0.3 is 15.5 Å². The van der Waals surface area contributed by atoms with E-state index in [1.54, 1.807) is 37.3 Å². The predicted octanol–water partition coefficient (Wildman–Crippen LogP) is 0.399. The number of fused-ring (bicyclic) bond motifs is 1. The molecule has 0 unspecified atom stereocenters. The first-order valence-electron chi connectivity index (χ1n) is 9.46. The first-order valence-corrected chi connectivity index (χ1v) is 11.3. The number of hydrogen-bond donors (Lipinski definition) is 2. The average Bonchev–Trinajstić information content (AvgIpc) is 2.72. The smallest absolute Gasteiger partial charge is 1.00 e. The van der Waals surface area contributed by atoms with Crippen LogP contribution >= 0.6 is 11.6 Å². The van der Waals surface area contributed by atoms with Crippen LogP contribution < -0.4 is 71.2 Å². The second kappa shape index (κ2) is 11.3. The minimum atomic E-state index is -3.66. The van der Waals surface area contributed by atoms with Crippen LogP contribution in [0.25, 0.3) is 11.0 Å². The number of carbonyl (C=O) groups excluding carboxylic acids is 1. The fourth-order valence-corrected chi connectivity index (χ4v) is 3.75. The van der Waals surface area contributed by atoms with Gasteiger partial charge in [-0.15, -0.1) is 0 Å². The number of benzene rings is 2. The number of aryl methyl sites for hydroxylation is 1. The zero-order valence-electron chi connectivity index (χ0n) is 19.9. The molecule has 9 nitrogen and oxygen atoms in total. The Labute approximate surface area is 240 Å². The summed E-state index contributed by atoms with van der Waals surface area (Å²) in [6, 6.07) is 9.68. The number of amides is 1. The van der Waals surface area contributed by atoms with Crippen molar-refractivity contribution in [3.63, 3.8) is 0 Å². The molecule has 0 saturated heterocycles. The Morgan fingerprint density at radius 3 is 2.58 bits per heavy atom. The van der Waals surface area contributed by atoms with Crippen LogP contribution in [-0.4, -0.2) is 40.6 Å². The van der Waals surface area contributed by atoms with Gasteiger partial charge in [0.1, 0.15) is 5.58 Å². The number of hydrogen-bond acceptors (Lipinski definition) is 6. The van der Waals surface area contributed by atoms with Crippen LogP contribution in [0.15, 0.2) is 45.6 Å². The SMILES string of the molecule is CNS(=O)(=O)Nc1cccc(Cc2c(C)c3cc(Cl)c(OC(=O)N(C)C)cc3oc2=O)c1.[H-].[K+]. The van der Waals surface area contributed by atoms with Gasteiger partial charge in [0.05, 0.1) is 10.7 Å². The van der Waals surface area contributed by atoms with Gasteiger partial charge in [0.25, 0.3) is 10.2 Å². The van der Waals surface area contributed by atoms with Gasteiger partial charge in [-0.2, -0.15) is 8.42 Å². The number of anilines is 1. The van der Waals surface area contributed by atoms with Crippen LogP contribution in [-0.2, 0) is 16.6 Å². The van der Waals surface area contributed by atoms with Gasteiger partial charge >= 0.3 is 63.1 Å². The quantitative estimate of drug-likeness (QED) is 0.359. The third-order valence-corrected chi connectivity index (χ3v) is 6.07. The standard InChI is InChI=1S/C21H22ClN3O6S.K.H/c1-12-15-10-17(22)19(31-21(27)25(3)4)11-18(15)30-20(26)16(12)9-13-6-5-7-14(8-13)24-32(28,29)23-2;;/h5-8,10-11,23-24H,9H2,1-4H3;;/q;+1;-1. The molecule has 0 radical (unpaired) electrons. The largest absolute Gasteiger partial charge is 1.00 e. The van der Waals surface area contributed by atoms with E-state index in [0.29, 0.717) is 27.8 Å². The summed E-state index contributed by atoms with van der Waals surface area (Å²) >= 11 is 6.29. The van der Waals surface area contributed by atoms with Crippen LogP contribution in [0.4, 0.5) is 10.5 Å². The molecule has 2 aromatic carbocycles. The van der Waals surface area contributed by atoms with Gasteiger partial charge in [0.15, 0.2) is 5.75 Å². The summed E-state index contributed by atoms with van der Waals surface area (Å²) in [6.45, 7) is 1.77. The molecule has 1 heterocycles. The maximum absolute atomic E-state index is 12.7. The molecule has 3 rings (SSSR count). The van der Waals surface area contributed by atoms with E-state index >= 15 is 0 Å². The Kier molecular flexibility index (Phi) is 9.54. The van der Waals surface area contributed by atoms with E-state index in [1.165, 1.54) is 32.1 Å². The van der Waals surface area contributed by atoms with Crippen molar-refractivity contribution in [3.8, 4) is 5.75 Å². The van der Waals surface area contributed by atoms with Crippen molar-refractivity contribution in [1.29, 1.82) is 0 Å². The van der Waals surface area contributed by atoms with Gasteiger partial charge in [0, 0.05) is 44.6 Å². The molecule has 0 aliphatic rings. The van der Waals surface area contributed by atoms with E-state index in [0.717, 1.165) is 0 Å². The van der Waals surface area contributed by atoms with Crippen molar-refractivity contribution in [2.24, 2.45) is 0 Å². The van der Waals surface area contributed by atoms with E-state index in [-0.39, 0.29) is 75.6 Å². The normalized spacial score (nSPS) is 11.1. The summed E-state index contributed by atoms with van der Waals surface area (Å²) < 4.78 is 38.7. The summed E-state index contributed by atoms with van der Waals surface area (Å²) in [5.74, 6) is 0.0812. The Morgan fingerprint density at radius 1 is 1.24 bits per heavy atom. The van der Waals surface area contributed by atoms with Crippen LogP contribution in [0.2, 0.25) is 5.02 Å². The van der Waals surface area contributed by atoms with Crippen LogP contribution in [0.1, 0.15) is 18.1 Å². The van der Waals surface area contributed by atoms with Crippen LogP contribution in [0, 0.1) is 6.92 Å². The number of rotatable bonds is 6. The summed E-state index contributed by atoms with van der Waals surface area (Å²) in [7, 11) is 0.704. The maximum Gasteiger partial charge on any atom is 1.00 e. The van der Waals surface area contributed by atoms with Gasteiger partial charge in [-0.3, -0.25) is 4.72 Å². The average molecular weight is 520 g/mol. The first kappa shape index (κ1) is 27.8. The fourth-order valence-electron chi connectivity index (χ4n) is 3.01. The molecule has 0 atom stereocenters. The molecule has 0 aliphatic heterocycles. The second-order valence-electron chi connectivity index (χ2n) is 7.22. The van der Waals surface area contributed by atoms with Gasteiger partial charge in [-0.05, 0) is 36.2 Å². The van der Waals surface area contributed by atoms with Crippen molar-refractivity contribution >= 4 is 44.6 Å². The second-order valence-corrected chi connectivity index (χ2v) is 9.25. The summed E-state index contributed by atoms with van der Waals surface area (Å²) in [5.41, 5.74) is 1.81. The first-order chi connectivity index (χ1) is 15.0. The minimum absolute atomic E-state index is 0. The van der Waals surface area contributed by atoms with Crippen LogP contribution in [0.3, 0.4) is 0 Å². The van der Waals surface area contributed by atoms with E-state index < -0.39 is 21.9 Å². The molecule has 2 N–H and O–H groups in total. The number of nitrogens with one attached hydrogen (secondary N) is 2. The predicted molar refractivity (Wildman–Crippen MR) is 124 cm³/mol. The molecular formula is C21H23ClKN3O6S. The Balaban J connectivity index is 0.00000289. The molecule has 33 heavy (non-hydrogen) atoms. The molecule has 12 heteroatoms. The van der Waals surface area contributed by atoms with Crippen molar-refractivity contribution in [3.05, 3.63) is 68.5 Å². The van der Waals surface area contributed by atoms with E-state index in [1.807, 2.05) is 0 Å². The molecule has 0 fully saturated rings. The zero-order chi connectivity index (χ0) is 23.6.